The zero-order valence-corrected chi connectivity index (χ0v) is 21.6. The minimum absolute atomic E-state index is 0.0726. The van der Waals surface area contributed by atoms with Crippen LogP contribution in [-0.4, -0.2) is 75.4 Å². The van der Waals surface area contributed by atoms with Crippen LogP contribution in [0.3, 0.4) is 0 Å². The van der Waals surface area contributed by atoms with Crippen molar-refractivity contribution in [1.82, 2.24) is 30.0 Å². The van der Waals surface area contributed by atoms with Gasteiger partial charge < -0.3 is 25.2 Å². The molecular weight excluding hydrogens is 499 g/mol. The normalized spacial score (nSPS) is 16.6. The van der Waals surface area contributed by atoms with Crippen molar-refractivity contribution in [3.63, 3.8) is 0 Å². The lowest BCUT2D eigenvalue weighted by atomic mass is 9.86. The van der Waals surface area contributed by atoms with Crippen molar-refractivity contribution in [2.24, 2.45) is 0 Å². The Bertz CT molecular complexity index is 1270. The van der Waals surface area contributed by atoms with Crippen LogP contribution in [0, 0.1) is 19.7 Å². The molecule has 0 spiro atoms. The molecule has 2 aliphatic heterocycles. The van der Waals surface area contributed by atoms with Gasteiger partial charge in [0.05, 0.1) is 25.1 Å². The number of likely N-dealkylation sites (tertiary alicyclic amines) is 1. The summed E-state index contributed by atoms with van der Waals surface area (Å²) in [6.45, 7) is 7.62. The second-order valence-electron chi connectivity index (χ2n) is 9.41. The van der Waals surface area contributed by atoms with Crippen molar-refractivity contribution < 1.29 is 13.9 Å². The fraction of sp³-hybridized carbons (Fsp3) is 0.440. The number of H-pyrrole nitrogens is 1. The topological polar surface area (TPSA) is 111 Å². The summed E-state index contributed by atoms with van der Waals surface area (Å²) in [6.07, 6.45) is 3.04. The smallest absolute Gasteiger partial charge is 0.320 e. The molecule has 0 unspecified atom stereocenters. The highest BCUT2D eigenvalue weighted by Gasteiger charge is 2.29. The van der Waals surface area contributed by atoms with Gasteiger partial charge in [0.15, 0.2) is 11.6 Å². The molecule has 0 bridgehead atoms. The molecule has 37 heavy (non-hydrogen) atoms. The number of ether oxygens (including phenoxy) is 1. The summed E-state index contributed by atoms with van der Waals surface area (Å²) >= 11 is 6.23. The molecule has 3 aromatic rings. The second kappa shape index (κ2) is 10.9. The number of amides is 2. The van der Waals surface area contributed by atoms with Gasteiger partial charge in [-0.3, -0.25) is 5.10 Å². The number of aromatic amines is 1. The summed E-state index contributed by atoms with van der Waals surface area (Å²) in [4.78, 5) is 25.1. The van der Waals surface area contributed by atoms with Gasteiger partial charge in [-0.2, -0.15) is 10.1 Å². The first-order valence-electron chi connectivity index (χ1n) is 12.4. The maximum atomic E-state index is 15.2. The Hall–Kier alpha value is -3.44. The molecule has 0 saturated carbocycles. The molecule has 0 aliphatic carbocycles. The molecule has 2 amide bonds. The summed E-state index contributed by atoms with van der Waals surface area (Å²) in [5.74, 6) is 0.937. The number of nitrogens with one attached hydrogen (secondary N) is 3. The van der Waals surface area contributed by atoms with Gasteiger partial charge in [0.1, 0.15) is 10.8 Å². The average Bonchev–Trinajstić information content (AvgIpc) is 3.32. The van der Waals surface area contributed by atoms with E-state index in [1.54, 1.807) is 12.1 Å². The molecule has 2 saturated heterocycles. The van der Waals surface area contributed by atoms with Crippen LogP contribution in [0.1, 0.15) is 35.6 Å². The van der Waals surface area contributed by atoms with E-state index in [2.05, 4.69) is 30.8 Å². The third-order valence-electron chi connectivity index (χ3n) is 6.79. The molecule has 1 aromatic carbocycles. The highest BCUT2D eigenvalue weighted by molar-refractivity contribution is 6.32. The van der Waals surface area contributed by atoms with E-state index in [1.807, 2.05) is 29.7 Å². The van der Waals surface area contributed by atoms with Crippen LogP contribution in [-0.2, 0) is 4.74 Å². The maximum Gasteiger partial charge on any atom is 0.320 e. The summed E-state index contributed by atoms with van der Waals surface area (Å²) in [7, 11) is 0. The quantitative estimate of drug-likeness (QED) is 0.439. The number of hydrogen-bond acceptors (Lipinski definition) is 7. The Labute approximate surface area is 219 Å². The number of halogens is 2. The Morgan fingerprint density at radius 1 is 1.11 bits per heavy atom. The van der Waals surface area contributed by atoms with Crippen LogP contribution in [0.15, 0.2) is 24.4 Å². The van der Waals surface area contributed by atoms with Gasteiger partial charge in [-0.1, -0.05) is 11.6 Å². The van der Waals surface area contributed by atoms with E-state index < -0.39 is 0 Å². The molecule has 2 aliphatic rings. The lowest BCUT2D eigenvalue weighted by Gasteiger charge is -2.37. The monoisotopic (exact) mass is 528 g/mol. The van der Waals surface area contributed by atoms with Crippen molar-refractivity contribution >= 4 is 40.9 Å². The number of carbonyl (C=O) groups excluding carboxylic acids is 1. The number of aryl methyl sites for hydroxylation is 2. The number of rotatable bonds is 5. The first-order chi connectivity index (χ1) is 17.9. The number of nitrogens with zero attached hydrogens (tertiary/aromatic N) is 5. The molecule has 10 nitrogen and oxygen atoms in total. The zero-order valence-electron chi connectivity index (χ0n) is 20.9. The fourth-order valence-corrected chi connectivity index (χ4v) is 4.95. The molecule has 0 atom stereocenters. The lowest BCUT2D eigenvalue weighted by molar-refractivity contribution is 0.0411. The van der Waals surface area contributed by atoms with Crippen molar-refractivity contribution in [3.05, 3.63) is 52.1 Å². The molecule has 0 radical (unpaired) electrons. The predicted molar refractivity (Wildman–Crippen MR) is 139 cm³/mol. The van der Waals surface area contributed by atoms with Gasteiger partial charge in [-0.05, 0) is 55.9 Å². The van der Waals surface area contributed by atoms with E-state index in [1.165, 1.54) is 6.20 Å². The van der Waals surface area contributed by atoms with Crippen LogP contribution >= 0.6 is 11.6 Å². The average molecular weight is 529 g/mol. The summed E-state index contributed by atoms with van der Waals surface area (Å²) in [5, 5.41) is 13.3. The largest absolute Gasteiger partial charge is 0.378 e. The molecule has 4 heterocycles. The summed E-state index contributed by atoms with van der Waals surface area (Å²) in [5.41, 5.74) is 3.11. The van der Waals surface area contributed by atoms with Crippen LogP contribution < -0.4 is 10.6 Å². The number of morpholine rings is 1. The third-order valence-corrected chi connectivity index (χ3v) is 7.06. The van der Waals surface area contributed by atoms with E-state index >= 15 is 4.39 Å². The number of piperidine rings is 1. The van der Waals surface area contributed by atoms with Gasteiger partial charge in [0.25, 0.3) is 0 Å². The van der Waals surface area contributed by atoms with E-state index in [0.29, 0.717) is 56.1 Å². The minimum Gasteiger partial charge on any atom is -0.378 e. The van der Waals surface area contributed by atoms with Gasteiger partial charge in [0, 0.05) is 37.9 Å². The number of benzene rings is 1. The van der Waals surface area contributed by atoms with Gasteiger partial charge in [0.2, 0.25) is 5.95 Å². The van der Waals surface area contributed by atoms with Gasteiger partial charge >= 0.3 is 6.03 Å². The van der Waals surface area contributed by atoms with Crippen LogP contribution in [0.25, 0.3) is 0 Å². The second-order valence-corrected chi connectivity index (χ2v) is 9.82. The van der Waals surface area contributed by atoms with E-state index in [4.69, 9.17) is 16.3 Å². The number of carbonyl (C=O) groups is 1. The maximum absolute atomic E-state index is 15.2. The van der Waals surface area contributed by atoms with Crippen LogP contribution in [0.4, 0.5) is 32.5 Å². The lowest BCUT2D eigenvalue weighted by Crippen LogP contribution is -2.50. The fourth-order valence-electron chi connectivity index (χ4n) is 4.81. The van der Waals surface area contributed by atoms with E-state index in [-0.39, 0.29) is 29.4 Å². The number of hydrogen-bond donors (Lipinski definition) is 3. The standard InChI is InChI=1S/C25H30ClFN8O2/c1-15-11-21(29-24-28-14-19(26)23(31-24)30-22-12-16(2)32-33-22)20(27)13-18(15)17-3-5-34(6-4-17)25(36)35-7-9-37-10-8-35/h11-14,17H,3-10H2,1-2H3,(H3,28,29,30,31,32,33). The predicted octanol–water partition coefficient (Wildman–Crippen LogP) is 4.73. The number of aromatic nitrogens is 4. The summed E-state index contributed by atoms with van der Waals surface area (Å²) in [6, 6.07) is 5.25. The number of anilines is 4. The van der Waals surface area contributed by atoms with Gasteiger partial charge in [-0.25, -0.2) is 14.2 Å². The number of urea groups is 1. The Balaban J connectivity index is 1.24. The first-order valence-corrected chi connectivity index (χ1v) is 12.8. The summed E-state index contributed by atoms with van der Waals surface area (Å²) < 4.78 is 20.5. The minimum atomic E-state index is -0.386. The zero-order chi connectivity index (χ0) is 25.9. The van der Waals surface area contributed by atoms with Crippen molar-refractivity contribution in [2.45, 2.75) is 32.6 Å². The van der Waals surface area contributed by atoms with Crippen molar-refractivity contribution in [2.75, 3.05) is 50.0 Å². The van der Waals surface area contributed by atoms with E-state index in [9.17, 15) is 4.79 Å². The molecule has 2 fully saturated rings. The van der Waals surface area contributed by atoms with Crippen molar-refractivity contribution in [1.29, 1.82) is 0 Å². The highest BCUT2D eigenvalue weighted by atomic mass is 35.5. The highest BCUT2D eigenvalue weighted by Crippen LogP contribution is 2.34. The molecule has 2 aromatic heterocycles. The van der Waals surface area contributed by atoms with Crippen LogP contribution in [0.5, 0.6) is 0 Å². The molecule has 12 heteroatoms. The molecular formula is C25H30ClFN8O2. The Morgan fingerprint density at radius 3 is 2.54 bits per heavy atom. The third kappa shape index (κ3) is 5.78. The first kappa shape index (κ1) is 25.2. The Kier molecular flexibility index (Phi) is 7.43. The molecule has 5 rings (SSSR count). The molecule has 3 N–H and O–H groups in total. The van der Waals surface area contributed by atoms with Crippen molar-refractivity contribution in [3.8, 4) is 0 Å². The van der Waals surface area contributed by atoms with Crippen LogP contribution in [0.2, 0.25) is 5.02 Å². The van der Waals surface area contributed by atoms with Gasteiger partial charge in [-0.15, -0.1) is 0 Å². The SMILES string of the molecule is Cc1cc(Nc2nc(Nc3cc(C)c(C4CCN(C(=O)N5CCOCC5)CC4)cc3F)ncc2Cl)n[nH]1. The van der Waals surface area contributed by atoms with E-state index in [0.717, 1.165) is 29.7 Å². The Morgan fingerprint density at radius 2 is 1.84 bits per heavy atom. The molecule has 196 valence electrons.